The van der Waals surface area contributed by atoms with E-state index in [9.17, 15) is 0 Å². The van der Waals surface area contributed by atoms with E-state index in [-0.39, 0.29) is 0 Å². The number of aromatic nitrogens is 1. The number of aryl methyl sites for hydroxylation is 1. The molecule has 0 spiro atoms. The normalized spacial score (nSPS) is 12.2. The van der Waals surface area contributed by atoms with Crippen LogP contribution >= 0.6 is 0 Å². The SMILES string of the molecule is C=C(/C=C(\C=C/C)/C=C\c1ccccc1C)c1ccccn1. The van der Waals surface area contributed by atoms with Crippen LogP contribution in [0.4, 0.5) is 0 Å². The van der Waals surface area contributed by atoms with Crippen LogP contribution in [-0.2, 0) is 0 Å². The van der Waals surface area contributed by atoms with E-state index in [0.29, 0.717) is 0 Å². The molecule has 1 heteroatoms. The lowest BCUT2D eigenvalue weighted by Crippen LogP contribution is -1.85. The van der Waals surface area contributed by atoms with Gasteiger partial charge in [-0.15, -0.1) is 0 Å². The Bertz CT molecular complexity index is 719. The Balaban J connectivity index is 2.25. The van der Waals surface area contributed by atoms with Crippen LogP contribution < -0.4 is 0 Å². The van der Waals surface area contributed by atoms with E-state index in [1.165, 1.54) is 11.1 Å². The zero-order chi connectivity index (χ0) is 15.8. The Kier molecular flexibility index (Phi) is 5.67. The van der Waals surface area contributed by atoms with E-state index >= 15 is 0 Å². The average molecular weight is 287 g/mol. The van der Waals surface area contributed by atoms with Crippen molar-refractivity contribution in [2.45, 2.75) is 13.8 Å². The fraction of sp³-hybridized carbons (Fsp3) is 0.0952. The second-order valence-electron chi connectivity index (χ2n) is 5.07. The number of allylic oxidation sites excluding steroid dienone is 6. The topological polar surface area (TPSA) is 12.9 Å². The molecule has 0 saturated carbocycles. The molecule has 0 fully saturated rings. The minimum absolute atomic E-state index is 0.897. The van der Waals surface area contributed by atoms with Gasteiger partial charge in [-0.3, -0.25) is 4.98 Å². The molecule has 2 aromatic rings. The van der Waals surface area contributed by atoms with Gasteiger partial charge < -0.3 is 0 Å². The van der Waals surface area contributed by atoms with E-state index in [2.05, 4.69) is 67.1 Å². The molecule has 0 bridgehead atoms. The van der Waals surface area contributed by atoms with Crippen LogP contribution in [0.15, 0.2) is 85.1 Å². The maximum Gasteiger partial charge on any atom is 0.0696 e. The van der Waals surface area contributed by atoms with Gasteiger partial charge in [0, 0.05) is 6.20 Å². The van der Waals surface area contributed by atoms with Crippen LogP contribution in [0.2, 0.25) is 0 Å². The first-order valence-electron chi connectivity index (χ1n) is 7.39. The molecule has 0 radical (unpaired) electrons. The number of hydrogen-bond acceptors (Lipinski definition) is 1. The molecular formula is C21H21N. The second-order valence-corrected chi connectivity index (χ2v) is 5.07. The fourth-order valence-electron chi connectivity index (χ4n) is 2.13. The average Bonchev–Trinajstić information content (AvgIpc) is 2.55. The van der Waals surface area contributed by atoms with Crippen molar-refractivity contribution < 1.29 is 0 Å². The number of hydrogen-bond donors (Lipinski definition) is 0. The predicted molar refractivity (Wildman–Crippen MR) is 96.4 cm³/mol. The summed E-state index contributed by atoms with van der Waals surface area (Å²) in [5.41, 5.74) is 5.39. The summed E-state index contributed by atoms with van der Waals surface area (Å²) in [5.74, 6) is 0. The summed E-state index contributed by atoms with van der Waals surface area (Å²) in [6.07, 6.45) is 12.2. The zero-order valence-electron chi connectivity index (χ0n) is 13.2. The number of nitrogens with zero attached hydrogens (tertiary/aromatic N) is 1. The van der Waals surface area contributed by atoms with Crippen LogP contribution in [0.3, 0.4) is 0 Å². The molecule has 1 heterocycles. The molecule has 0 aliphatic rings. The van der Waals surface area contributed by atoms with Crippen molar-refractivity contribution >= 4 is 11.6 Å². The van der Waals surface area contributed by atoms with Gasteiger partial charge in [0.2, 0.25) is 0 Å². The smallest absolute Gasteiger partial charge is 0.0696 e. The third-order valence-corrected chi connectivity index (χ3v) is 3.34. The van der Waals surface area contributed by atoms with Gasteiger partial charge in [-0.1, -0.05) is 61.2 Å². The molecule has 1 aromatic heterocycles. The molecule has 22 heavy (non-hydrogen) atoms. The first-order valence-corrected chi connectivity index (χ1v) is 7.39. The molecular weight excluding hydrogens is 266 g/mol. The fourth-order valence-corrected chi connectivity index (χ4v) is 2.13. The van der Waals surface area contributed by atoms with Crippen molar-refractivity contribution in [2.24, 2.45) is 0 Å². The van der Waals surface area contributed by atoms with Crippen molar-refractivity contribution in [3.63, 3.8) is 0 Å². The quantitative estimate of drug-likeness (QED) is 0.650. The Labute approximate surface area is 133 Å². The van der Waals surface area contributed by atoms with Crippen molar-refractivity contribution in [2.75, 3.05) is 0 Å². The Morgan fingerprint density at radius 2 is 1.82 bits per heavy atom. The number of rotatable bonds is 5. The highest BCUT2D eigenvalue weighted by molar-refractivity contribution is 5.72. The van der Waals surface area contributed by atoms with Crippen LogP contribution in [0.25, 0.3) is 11.6 Å². The number of pyridine rings is 1. The molecule has 1 nitrogen and oxygen atoms in total. The lowest BCUT2D eigenvalue weighted by Gasteiger charge is -2.02. The highest BCUT2D eigenvalue weighted by Crippen LogP contribution is 2.16. The molecule has 1 aromatic carbocycles. The highest BCUT2D eigenvalue weighted by Gasteiger charge is 1.97. The largest absolute Gasteiger partial charge is 0.256 e. The van der Waals surface area contributed by atoms with Gasteiger partial charge in [-0.2, -0.15) is 0 Å². The van der Waals surface area contributed by atoms with Crippen molar-refractivity contribution in [1.82, 2.24) is 4.98 Å². The van der Waals surface area contributed by atoms with Gasteiger partial charge >= 0.3 is 0 Å². The van der Waals surface area contributed by atoms with Gasteiger partial charge in [0.25, 0.3) is 0 Å². The Morgan fingerprint density at radius 3 is 2.50 bits per heavy atom. The molecule has 110 valence electrons. The van der Waals surface area contributed by atoms with Crippen LogP contribution in [-0.4, -0.2) is 4.98 Å². The van der Waals surface area contributed by atoms with E-state index in [1.54, 1.807) is 6.20 Å². The van der Waals surface area contributed by atoms with Gasteiger partial charge in [0.1, 0.15) is 0 Å². The van der Waals surface area contributed by atoms with Crippen LogP contribution in [0.5, 0.6) is 0 Å². The maximum absolute atomic E-state index is 4.33. The van der Waals surface area contributed by atoms with E-state index < -0.39 is 0 Å². The molecule has 0 amide bonds. The highest BCUT2D eigenvalue weighted by atomic mass is 14.7. The lowest BCUT2D eigenvalue weighted by atomic mass is 10.0. The lowest BCUT2D eigenvalue weighted by molar-refractivity contribution is 1.28. The summed E-state index contributed by atoms with van der Waals surface area (Å²) in [6, 6.07) is 14.2. The predicted octanol–water partition coefficient (Wildman–Crippen LogP) is 5.62. The molecule has 0 saturated heterocycles. The maximum atomic E-state index is 4.33. The van der Waals surface area contributed by atoms with Crippen molar-refractivity contribution in [1.29, 1.82) is 0 Å². The van der Waals surface area contributed by atoms with Crippen LogP contribution in [0, 0.1) is 6.92 Å². The van der Waals surface area contributed by atoms with Gasteiger partial charge in [-0.05, 0) is 54.3 Å². The minimum atomic E-state index is 0.897. The second kappa shape index (κ2) is 7.94. The zero-order valence-corrected chi connectivity index (χ0v) is 13.2. The molecule has 0 N–H and O–H groups in total. The van der Waals surface area contributed by atoms with E-state index in [1.807, 2.05) is 31.2 Å². The van der Waals surface area contributed by atoms with Crippen LogP contribution in [0.1, 0.15) is 23.7 Å². The minimum Gasteiger partial charge on any atom is -0.256 e. The Morgan fingerprint density at radius 1 is 1.05 bits per heavy atom. The van der Waals surface area contributed by atoms with E-state index in [0.717, 1.165) is 16.8 Å². The summed E-state index contributed by atoms with van der Waals surface area (Å²) < 4.78 is 0. The number of benzene rings is 1. The molecule has 0 aliphatic carbocycles. The summed E-state index contributed by atoms with van der Waals surface area (Å²) >= 11 is 0. The summed E-state index contributed by atoms with van der Waals surface area (Å²) in [4.78, 5) is 4.33. The third kappa shape index (κ3) is 4.42. The van der Waals surface area contributed by atoms with Gasteiger partial charge in [0.05, 0.1) is 5.69 Å². The molecule has 0 aliphatic heterocycles. The van der Waals surface area contributed by atoms with Crippen molar-refractivity contribution in [3.8, 4) is 0 Å². The summed E-state index contributed by atoms with van der Waals surface area (Å²) in [6.45, 7) is 8.24. The molecule has 0 atom stereocenters. The third-order valence-electron chi connectivity index (χ3n) is 3.34. The van der Waals surface area contributed by atoms with E-state index in [4.69, 9.17) is 0 Å². The summed E-state index contributed by atoms with van der Waals surface area (Å²) in [7, 11) is 0. The molecule has 2 rings (SSSR count). The Hall–Kier alpha value is -2.67. The summed E-state index contributed by atoms with van der Waals surface area (Å²) in [5, 5.41) is 0. The van der Waals surface area contributed by atoms with Gasteiger partial charge in [0.15, 0.2) is 0 Å². The molecule has 0 unspecified atom stereocenters. The monoisotopic (exact) mass is 287 g/mol. The van der Waals surface area contributed by atoms with Gasteiger partial charge in [-0.25, -0.2) is 0 Å². The first-order chi connectivity index (χ1) is 10.7. The standard InChI is InChI=1S/C21H21N/c1-4-9-19(13-14-20-11-6-5-10-17(20)2)16-18(3)21-12-7-8-15-22-21/h4-16H,3H2,1-2H3/b9-4-,14-13-,19-16+. The van der Waals surface area contributed by atoms with Crippen molar-refractivity contribution in [3.05, 3.63) is 102 Å². The first kappa shape index (κ1) is 15.7.